The maximum absolute atomic E-state index is 12.5. The second kappa shape index (κ2) is 9.70. The molecule has 0 spiro atoms. The molecule has 1 unspecified atom stereocenters. The molecule has 0 radical (unpaired) electrons. The van der Waals surface area contributed by atoms with Crippen LogP contribution in [0.4, 0.5) is 5.69 Å². The average Bonchev–Trinajstić information content (AvgIpc) is 2.75. The smallest absolute Gasteiger partial charge is 0.272 e. The van der Waals surface area contributed by atoms with Gasteiger partial charge in [0.2, 0.25) is 0 Å². The van der Waals surface area contributed by atoms with Gasteiger partial charge in [-0.1, -0.05) is 30.3 Å². The normalized spacial score (nSPS) is 12.0. The number of anilines is 1. The highest BCUT2D eigenvalue weighted by molar-refractivity contribution is 9.11. The molecule has 0 aliphatic rings. The number of amides is 2. The van der Waals surface area contributed by atoms with Crippen molar-refractivity contribution in [3.05, 3.63) is 69.1 Å². The minimum atomic E-state index is -1.30. The Morgan fingerprint density at radius 3 is 2.33 bits per heavy atom. The molecule has 1 atom stereocenters. The molecule has 0 saturated carbocycles. The van der Waals surface area contributed by atoms with Crippen molar-refractivity contribution in [3.63, 3.8) is 0 Å². The number of hydrogen-bond acceptors (Lipinski definition) is 6. The van der Waals surface area contributed by atoms with Crippen molar-refractivity contribution < 1.29 is 14.7 Å². The number of nitrogens with zero attached hydrogens (tertiary/aromatic N) is 1. The van der Waals surface area contributed by atoms with Crippen LogP contribution in [0.3, 0.4) is 0 Å². The summed E-state index contributed by atoms with van der Waals surface area (Å²) in [4.78, 5) is 24.7. The van der Waals surface area contributed by atoms with Crippen molar-refractivity contribution in [2.24, 2.45) is 10.9 Å². The summed E-state index contributed by atoms with van der Waals surface area (Å²) in [6.45, 7) is 0. The van der Waals surface area contributed by atoms with Gasteiger partial charge < -0.3 is 10.4 Å². The zero-order valence-corrected chi connectivity index (χ0v) is 18.6. The monoisotopic (exact) mass is 533 g/mol. The number of carbonyl (C=O) groups excluding carboxylic acids is 2. The minimum absolute atomic E-state index is 0.0513. The molecule has 30 heavy (non-hydrogen) atoms. The lowest BCUT2D eigenvalue weighted by Crippen LogP contribution is -2.50. The lowest BCUT2D eigenvalue weighted by molar-refractivity contribution is -0.130. The van der Waals surface area contributed by atoms with Gasteiger partial charge in [-0.3, -0.25) is 15.0 Å². The number of fused-ring (bicyclic) bond motifs is 1. The molecule has 0 aromatic heterocycles. The molecule has 10 heteroatoms. The van der Waals surface area contributed by atoms with Gasteiger partial charge in [0.15, 0.2) is 6.04 Å². The molecule has 3 aromatic rings. The quantitative estimate of drug-likeness (QED) is 0.109. The number of carbonyl (C=O) groups is 2. The summed E-state index contributed by atoms with van der Waals surface area (Å²) in [5.74, 6) is 3.87. The number of hydrogen-bond donors (Lipinski definition) is 5. The molecule has 0 fully saturated rings. The standard InChI is InChI=1S/C20H17Br2N5O3/c21-15-7-11(8-16(22)18(15)28)10-24-27-20(30)17(19(29)26-23)25-14-6-5-12-3-1-2-4-13(12)9-14/h1-10,17,25,28H,23H2,(H,26,29)(H,27,30)/b24-10+. The van der Waals surface area contributed by atoms with E-state index in [0.29, 0.717) is 20.2 Å². The first-order chi connectivity index (χ1) is 14.4. The van der Waals surface area contributed by atoms with Gasteiger partial charge in [-0.15, -0.1) is 0 Å². The summed E-state index contributed by atoms with van der Waals surface area (Å²) >= 11 is 6.44. The first-order valence-electron chi connectivity index (χ1n) is 8.66. The molecule has 2 amide bonds. The number of rotatable bonds is 6. The molecular formula is C20H17Br2N5O3. The van der Waals surface area contributed by atoms with Crippen LogP contribution >= 0.6 is 31.9 Å². The van der Waals surface area contributed by atoms with Crippen molar-refractivity contribution in [1.29, 1.82) is 0 Å². The van der Waals surface area contributed by atoms with E-state index in [0.717, 1.165) is 10.8 Å². The third-order valence-corrected chi connectivity index (χ3v) is 5.36. The number of phenolic OH excluding ortho intramolecular Hbond substituents is 1. The molecule has 8 nitrogen and oxygen atoms in total. The predicted octanol–water partition coefficient (Wildman–Crippen LogP) is 2.99. The fourth-order valence-corrected chi connectivity index (χ4v) is 3.90. The number of hydrazine groups is 1. The summed E-state index contributed by atoms with van der Waals surface area (Å²) in [5.41, 5.74) is 5.48. The van der Waals surface area contributed by atoms with Crippen LogP contribution in [0.5, 0.6) is 5.75 Å². The highest BCUT2D eigenvalue weighted by Crippen LogP contribution is 2.32. The maximum atomic E-state index is 12.5. The van der Waals surface area contributed by atoms with Gasteiger partial charge in [-0.05, 0) is 72.5 Å². The summed E-state index contributed by atoms with van der Waals surface area (Å²) in [6, 6.07) is 15.1. The van der Waals surface area contributed by atoms with Crippen molar-refractivity contribution in [2.45, 2.75) is 6.04 Å². The average molecular weight is 535 g/mol. The van der Waals surface area contributed by atoms with E-state index in [1.807, 2.05) is 41.8 Å². The summed E-state index contributed by atoms with van der Waals surface area (Å²) in [7, 11) is 0. The van der Waals surface area contributed by atoms with Gasteiger partial charge in [0, 0.05) is 5.69 Å². The largest absolute Gasteiger partial charge is 0.506 e. The van der Waals surface area contributed by atoms with E-state index < -0.39 is 17.9 Å². The van der Waals surface area contributed by atoms with Gasteiger partial charge in [0.1, 0.15) is 5.75 Å². The second-order valence-corrected chi connectivity index (χ2v) is 7.92. The molecule has 3 aromatic carbocycles. The number of nitrogens with two attached hydrogens (primary N) is 1. The number of halogens is 2. The lowest BCUT2D eigenvalue weighted by Gasteiger charge is -2.17. The third kappa shape index (κ3) is 5.15. The third-order valence-electron chi connectivity index (χ3n) is 4.15. The van der Waals surface area contributed by atoms with Gasteiger partial charge in [0.25, 0.3) is 11.8 Å². The van der Waals surface area contributed by atoms with E-state index in [1.165, 1.54) is 6.21 Å². The Balaban J connectivity index is 1.74. The van der Waals surface area contributed by atoms with E-state index in [1.54, 1.807) is 18.2 Å². The summed E-state index contributed by atoms with van der Waals surface area (Å²) in [5, 5.41) is 18.5. The van der Waals surface area contributed by atoms with Crippen LogP contribution in [0.1, 0.15) is 5.56 Å². The van der Waals surface area contributed by atoms with E-state index >= 15 is 0 Å². The Kier molecular flexibility index (Phi) is 7.03. The molecule has 3 rings (SSSR count). The van der Waals surface area contributed by atoms with E-state index in [2.05, 4.69) is 47.7 Å². The molecule has 0 saturated heterocycles. The molecule has 0 bridgehead atoms. The van der Waals surface area contributed by atoms with Crippen molar-refractivity contribution in [2.75, 3.05) is 5.32 Å². The van der Waals surface area contributed by atoms with Crippen LogP contribution in [-0.2, 0) is 9.59 Å². The highest BCUT2D eigenvalue weighted by Gasteiger charge is 2.26. The van der Waals surface area contributed by atoms with Gasteiger partial charge >= 0.3 is 0 Å². The lowest BCUT2D eigenvalue weighted by atomic mass is 10.1. The van der Waals surface area contributed by atoms with E-state index in [4.69, 9.17) is 5.84 Å². The number of aromatic hydroxyl groups is 1. The van der Waals surface area contributed by atoms with Gasteiger partial charge in [-0.2, -0.15) is 5.10 Å². The van der Waals surface area contributed by atoms with Crippen LogP contribution in [0.2, 0.25) is 0 Å². The number of nitrogens with one attached hydrogen (secondary N) is 3. The number of phenols is 1. The molecule has 0 aliphatic carbocycles. The second-order valence-electron chi connectivity index (χ2n) is 6.22. The molecule has 0 heterocycles. The topological polar surface area (TPSA) is 129 Å². The predicted molar refractivity (Wildman–Crippen MR) is 123 cm³/mol. The summed E-state index contributed by atoms with van der Waals surface area (Å²) < 4.78 is 0.922. The Labute approximate surface area is 188 Å². The SMILES string of the molecule is NNC(=O)C(Nc1ccc2ccccc2c1)C(=O)N/N=C/c1cc(Br)c(O)c(Br)c1. The van der Waals surface area contributed by atoms with Gasteiger partial charge in [0.05, 0.1) is 15.2 Å². The number of benzene rings is 3. The Morgan fingerprint density at radius 1 is 1.00 bits per heavy atom. The summed E-state index contributed by atoms with van der Waals surface area (Å²) in [6.07, 6.45) is 1.38. The van der Waals surface area contributed by atoms with E-state index in [9.17, 15) is 14.7 Å². The number of hydrazone groups is 1. The van der Waals surface area contributed by atoms with Gasteiger partial charge in [-0.25, -0.2) is 11.3 Å². The Bertz CT molecular complexity index is 1110. The van der Waals surface area contributed by atoms with Crippen molar-refractivity contribution >= 4 is 66.3 Å². The Morgan fingerprint density at radius 2 is 1.67 bits per heavy atom. The van der Waals surface area contributed by atoms with Crippen molar-refractivity contribution in [1.82, 2.24) is 10.9 Å². The zero-order chi connectivity index (χ0) is 21.7. The molecule has 0 aliphatic heterocycles. The van der Waals surface area contributed by atoms with Crippen LogP contribution in [0.25, 0.3) is 10.8 Å². The minimum Gasteiger partial charge on any atom is -0.506 e. The Hall–Kier alpha value is -2.95. The van der Waals surface area contributed by atoms with Crippen LogP contribution in [0, 0.1) is 0 Å². The van der Waals surface area contributed by atoms with E-state index in [-0.39, 0.29) is 5.75 Å². The van der Waals surface area contributed by atoms with Crippen LogP contribution < -0.4 is 22.0 Å². The first kappa shape index (κ1) is 21.8. The van der Waals surface area contributed by atoms with Crippen LogP contribution in [-0.4, -0.2) is 29.2 Å². The molecule has 6 N–H and O–H groups in total. The first-order valence-corrected chi connectivity index (χ1v) is 10.2. The fraction of sp³-hybridized carbons (Fsp3) is 0.0500. The fourth-order valence-electron chi connectivity index (χ4n) is 2.67. The highest BCUT2D eigenvalue weighted by atomic mass is 79.9. The maximum Gasteiger partial charge on any atom is 0.272 e. The van der Waals surface area contributed by atoms with Crippen LogP contribution in [0.15, 0.2) is 68.6 Å². The molecule has 154 valence electrons. The van der Waals surface area contributed by atoms with Crippen molar-refractivity contribution in [3.8, 4) is 5.75 Å². The zero-order valence-electron chi connectivity index (χ0n) is 15.4. The molecular weight excluding hydrogens is 518 g/mol.